The number of fused-ring (bicyclic) bond motifs is 2. The van der Waals surface area contributed by atoms with Crippen LogP contribution in [0.15, 0.2) is 24.3 Å². The molecule has 2 unspecified atom stereocenters. The van der Waals surface area contributed by atoms with Crippen LogP contribution in [-0.2, 0) is 10.2 Å². The van der Waals surface area contributed by atoms with Gasteiger partial charge in [-0.3, -0.25) is 4.79 Å². The molecule has 0 aliphatic carbocycles. The van der Waals surface area contributed by atoms with Crippen LogP contribution in [0.5, 0.6) is 5.75 Å². The molecule has 2 aliphatic rings. The fraction of sp³-hybridized carbons (Fsp3) is 0.462. The predicted molar refractivity (Wildman–Crippen MR) is 60.5 cm³/mol. The summed E-state index contributed by atoms with van der Waals surface area (Å²) >= 11 is 0. The molecule has 1 amide bonds. The number of carbonyl (C=O) groups excluding carboxylic acids is 1. The molecule has 1 aromatic rings. The fourth-order valence-electron chi connectivity index (χ4n) is 2.99. The van der Waals surface area contributed by atoms with Gasteiger partial charge in [0.25, 0.3) is 0 Å². The molecule has 2 heterocycles. The van der Waals surface area contributed by atoms with Crippen molar-refractivity contribution in [3.63, 3.8) is 0 Å². The summed E-state index contributed by atoms with van der Waals surface area (Å²) in [5.41, 5.74) is 1.14. The molecule has 0 bridgehead atoms. The highest BCUT2D eigenvalue weighted by molar-refractivity contribution is 5.82. The maximum Gasteiger partial charge on any atom is 0.221 e. The number of ether oxygens (including phenoxy) is 1. The van der Waals surface area contributed by atoms with E-state index in [0.29, 0.717) is 13.0 Å². The van der Waals surface area contributed by atoms with E-state index in [1.807, 2.05) is 18.2 Å². The van der Waals surface area contributed by atoms with Gasteiger partial charge in [-0.1, -0.05) is 18.2 Å². The first kappa shape index (κ1) is 9.70. The molecule has 1 N–H and O–H groups in total. The summed E-state index contributed by atoms with van der Waals surface area (Å²) in [6.45, 7) is 2.79. The smallest absolute Gasteiger partial charge is 0.221 e. The van der Waals surface area contributed by atoms with Crippen molar-refractivity contribution < 1.29 is 9.53 Å². The van der Waals surface area contributed by atoms with E-state index in [-0.39, 0.29) is 17.4 Å². The zero-order valence-electron chi connectivity index (χ0n) is 9.32. The fourth-order valence-corrected chi connectivity index (χ4v) is 2.99. The van der Waals surface area contributed by atoms with Crippen LogP contribution in [0.3, 0.4) is 0 Å². The molecule has 2 aliphatic heterocycles. The number of rotatable bonds is 0. The van der Waals surface area contributed by atoms with Crippen LogP contribution in [0.2, 0.25) is 0 Å². The first-order chi connectivity index (χ1) is 7.72. The van der Waals surface area contributed by atoms with Crippen LogP contribution >= 0.6 is 0 Å². The highest BCUT2D eigenvalue weighted by Gasteiger charge is 2.48. The maximum atomic E-state index is 11.6. The number of nitrogens with one attached hydrogen (secondary N) is 1. The van der Waals surface area contributed by atoms with Gasteiger partial charge in [0.05, 0.1) is 6.61 Å². The first-order valence-corrected chi connectivity index (χ1v) is 5.74. The zero-order chi connectivity index (χ0) is 11.2. The van der Waals surface area contributed by atoms with E-state index in [0.717, 1.165) is 12.2 Å². The second kappa shape index (κ2) is 3.24. The molecular formula is C13H15NO2. The van der Waals surface area contributed by atoms with E-state index in [2.05, 4.69) is 18.3 Å². The molecule has 3 heteroatoms. The Hall–Kier alpha value is -1.51. The van der Waals surface area contributed by atoms with Crippen molar-refractivity contribution in [2.75, 3.05) is 6.61 Å². The largest absolute Gasteiger partial charge is 0.493 e. The Morgan fingerprint density at radius 3 is 3.00 bits per heavy atom. The van der Waals surface area contributed by atoms with Crippen molar-refractivity contribution in [3.05, 3.63) is 29.8 Å². The van der Waals surface area contributed by atoms with Crippen LogP contribution in [-0.4, -0.2) is 18.6 Å². The third-order valence-electron chi connectivity index (χ3n) is 3.91. The number of amides is 1. The Morgan fingerprint density at radius 1 is 1.44 bits per heavy atom. The minimum Gasteiger partial charge on any atom is -0.493 e. The summed E-state index contributed by atoms with van der Waals surface area (Å²) in [5.74, 6) is 1.10. The topological polar surface area (TPSA) is 38.3 Å². The number of hydrogen-bond donors (Lipinski definition) is 1. The summed E-state index contributed by atoms with van der Waals surface area (Å²) in [6, 6.07) is 8.28. The van der Waals surface area contributed by atoms with Gasteiger partial charge in [0.15, 0.2) is 0 Å². The lowest BCUT2D eigenvalue weighted by molar-refractivity contribution is -0.119. The molecule has 0 saturated carbocycles. The SMILES string of the molecule is CC1NC(=O)CC12CCOc1ccccc12. The van der Waals surface area contributed by atoms with Crippen LogP contribution in [0.1, 0.15) is 25.3 Å². The molecule has 3 nitrogen and oxygen atoms in total. The summed E-state index contributed by atoms with van der Waals surface area (Å²) in [5, 5.41) is 3.02. The maximum absolute atomic E-state index is 11.6. The minimum atomic E-state index is -0.0497. The molecule has 1 saturated heterocycles. The van der Waals surface area contributed by atoms with E-state index in [1.165, 1.54) is 5.56 Å². The lowest BCUT2D eigenvalue weighted by Crippen LogP contribution is -2.41. The number of para-hydroxylation sites is 1. The highest BCUT2D eigenvalue weighted by Crippen LogP contribution is 2.45. The van der Waals surface area contributed by atoms with E-state index in [9.17, 15) is 4.79 Å². The van der Waals surface area contributed by atoms with Crippen molar-refractivity contribution in [2.45, 2.75) is 31.2 Å². The molecule has 1 fully saturated rings. The van der Waals surface area contributed by atoms with Crippen LogP contribution in [0.25, 0.3) is 0 Å². The predicted octanol–water partition coefficient (Wildman–Crippen LogP) is 1.62. The molecule has 1 aromatic carbocycles. The Morgan fingerprint density at radius 2 is 2.25 bits per heavy atom. The standard InChI is InChI=1S/C13H15NO2/c1-9-13(8-12(15)14-9)6-7-16-11-5-3-2-4-10(11)13/h2-5,9H,6-8H2,1H3,(H,14,15). The van der Waals surface area contributed by atoms with Crippen molar-refractivity contribution in [3.8, 4) is 5.75 Å². The minimum absolute atomic E-state index is 0.0497. The highest BCUT2D eigenvalue weighted by atomic mass is 16.5. The quantitative estimate of drug-likeness (QED) is 0.717. The Kier molecular flexibility index (Phi) is 1.96. The van der Waals surface area contributed by atoms with E-state index in [4.69, 9.17) is 4.74 Å². The van der Waals surface area contributed by atoms with Crippen molar-refractivity contribution in [2.24, 2.45) is 0 Å². The van der Waals surface area contributed by atoms with Crippen LogP contribution in [0, 0.1) is 0 Å². The Bertz CT molecular complexity index is 443. The van der Waals surface area contributed by atoms with E-state index in [1.54, 1.807) is 0 Å². The third kappa shape index (κ3) is 1.17. The molecule has 1 spiro atoms. The summed E-state index contributed by atoms with van der Waals surface area (Å²) < 4.78 is 5.65. The number of benzene rings is 1. The molecule has 84 valence electrons. The normalized spacial score (nSPS) is 32.1. The molecule has 0 radical (unpaired) electrons. The van der Waals surface area contributed by atoms with Gasteiger partial charge in [0, 0.05) is 23.4 Å². The zero-order valence-corrected chi connectivity index (χ0v) is 9.32. The van der Waals surface area contributed by atoms with Gasteiger partial charge in [-0.05, 0) is 19.4 Å². The van der Waals surface area contributed by atoms with Gasteiger partial charge >= 0.3 is 0 Å². The average molecular weight is 217 g/mol. The van der Waals surface area contributed by atoms with Gasteiger partial charge < -0.3 is 10.1 Å². The summed E-state index contributed by atoms with van der Waals surface area (Å²) in [7, 11) is 0. The van der Waals surface area contributed by atoms with Gasteiger partial charge in [-0.25, -0.2) is 0 Å². The van der Waals surface area contributed by atoms with Gasteiger partial charge in [-0.2, -0.15) is 0 Å². The molecule has 2 atom stereocenters. The van der Waals surface area contributed by atoms with Crippen LogP contribution in [0.4, 0.5) is 0 Å². The van der Waals surface area contributed by atoms with Gasteiger partial charge in [-0.15, -0.1) is 0 Å². The molecule has 3 rings (SSSR count). The van der Waals surface area contributed by atoms with Crippen molar-refractivity contribution in [1.29, 1.82) is 0 Å². The molecule has 16 heavy (non-hydrogen) atoms. The second-order valence-electron chi connectivity index (χ2n) is 4.72. The lowest BCUT2D eigenvalue weighted by Gasteiger charge is -2.37. The van der Waals surface area contributed by atoms with E-state index >= 15 is 0 Å². The van der Waals surface area contributed by atoms with Crippen LogP contribution < -0.4 is 10.1 Å². The molecule has 0 aromatic heterocycles. The van der Waals surface area contributed by atoms with Crippen molar-refractivity contribution in [1.82, 2.24) is 5.32 Å². The van der Waals surface area contributed by atoms with Gasteiger partial charge in [0.1, 0.15) is 5.75 Å². The molecular weight excluding hydrogens is 202 g/mol. The number of hydrogen-bond acceptors (Lipinski definition) is 2. The summed E-state index contributed by atoms with van der Waals surface area (Å²) in [4.78, 5) is 11.6. The van der Waals surface area contributed by atoms with Crippen molar-refractivity contribution >= 4 is 5.91 Å². The summed E-state index contributed by atoms with van der Waals surface area (Å²) in [6.07, 6.45) is 1.51. The Labute approximate surface area is 94.8 Å². The average Bonchev–Trinajstić information content (AvgIpc) is 2.55. The third-order valence-corrected chi connectivity index (χ3v) is 3.91. The van der Waals surface area contributed by atoms with Gasteiger partial charge in [0.2, 0.25) is 5.91 Å². The number of carbonyl (C=O) groups is 1. The first-order valence-electron chi connectivity index (χ1n) is 5.74. The Balaban J connectivity index is 2.13. The lowest BCUT2D eigenvalue weighted by atomic mass is 9.71. The van der Waals surface area contributed by atoms with E-state index < -0.39 is 0 Å². The monoisotopic (exact) mass is 217 g/mol. The second-order valence-corrected chi connectivity index (χ2v) is 4.72.